The molecule has 1 rings (SSSR count). The Morgan fingerprint density at radius 1 is 1.50 bits per heavy atom. The standard InChI is InChI=1S/C10H19N3O/c1-3-4-6-13(8-9-14)10-11-5-7-12(10)2/h5,7,14H,3-4,6,8-9H2,1-2H3. The van der Waals surface area contributed by atoms with Gasteiger partial charge in [0, 0.05) is 32.5 Å². The van der Waals surface area contributed by atoms with E-state index in [1.807, 2.05) is 17.8 Å². The third-order valence-electron chi connectivity index (χ3n) is 2.23. The Morgan fingerprint density at radius 3 is 2.79 bits per heavy atom. The molecule has 1 aromatic rings. The molecule has 0 unspecified atom stereocenters. The van der Waals surface area contributed by atoms with Crippen molar-refractivity contribution in [1.82, 2.24) is 9.55 Å². The zero-order valence-electron chi connectivity index (χ0n) is 8.98. The summed E-state index contributed by atoms with van der Waals surface area (Å²) in [4.78, 5) is 6.38. The third kappa shape index (κ3) is 2.73. The molecule has 0 atom stereocenters. The lowest BCUT2D eigenvalue weighted by Crippen LogP contribution is -2.30. The van der Waals surface area contributed by atoms with Crippen molar-refractivity contribution in [3.63, 3.8) is 0 Å². The van der Waals surface area contributed by atoms with E-state index in [0.717, 1.165) is 25.3 Å². The van der Waals surface area contributed by atoms with Crippen LogP contribution in [0.4, 0.5) is 5.95 Å². The van der Waals surface area contributed by atoms with Crippen molar-refractivity contribution in [1.29, 1.82) is 0 Å². The SMILES string of the molecule is CCCCN(CCO)c1nccn1C. The molecule has 0 radical (unpaired) electrons. The van der Waals surface area contributed by atoms with Crippen LogP contribution in [0.2, 0.25) is 0 Å². The lowest BCUT2D eigenvalue weighted by Gasteiger charge is -2.22. The molecule has 1 heterocycles. The summed E-state index contributed by atoms with van der Waals surface area (Å²) in [5.74, 6) is 0.938. The van der Waals surface area contributed by atoms with Crippen LogP contribution in [0.25, 0.3) is 0 Å². The number of aryl methyl sites for hydroxylation is 1. The van der Waals surface area contributed by atoms with Crippen molar-refractivity contribution >= 4 is 5.95 Å². The number of rotatable bonds is 6. The van der Waals surface area contributed by atoms with Crippen LogP contribution in [0.3, 0.4) is 0 Å². The first-order valence-electron chi connectivity index (χ1n) is 5.12. The molecule has 0 fully saturated rings. The van der Waals surface area contributed by atoms with Crippen molar-refractivity contribution in [2.45, 2.75) is 19.8 Å². The summed E-state index contributed by atoms with van der Waals surface area (Å²) < 4.78 is 1.98. The summed E-state index contributed by atoms with van der Waals surface area (Å²) in [6.07, 6.45) is 6.00. The molecule has 4 heteroatoms. The van der Waals surface area contributed by atoms with Crippen molar-refractivity contribution < 1.29 is 5.11 Å². The largest absolute Gasteiger partial charge is 0.395 e. The van der Waals surface area contributed by atoms with Gasteiger partial charge >= 0.3 is 0 Å². The quantitative estimate of drug-likeness (QED) is 0.740. The van der Waals surface area contributed by atoms with Gasteiger partial charge in [0.2, 0.25) is 5.95 Å². The average Bonchev–Trinajstić information content (AvgIpc) is 2.59. The number of aliphatic hydroxyl groups is 1. The van der Waals surface area contributed by atoms with E-state index < -0.39 is 0 Å². The number of nitrogens with zero attached hydrogens (tertiary/aromatic N) is 3. The molecular formula is C10H19N3O. The lowest BCUT2D eigenvalue weighted by atomic mass is 10.3. The normalized spacial score (nSPS) is 10.5. The van der Waals surface area contributed by atoms with Gasteiger partial charge in [-0.2, -0.15) is 0 Å². The van der Waals surface area contributed by atoms with Gasteiger partial charge in [0.1, 0.15) is 0 Å². The van der Waals surface area contributed by atoms with Gasteiger partial charge in [0.15, 0.2) is 0 Å². The molecule has 0 bridgehead atoms. The van der Waals surface area contributed by atoms with Crippen LogP contribution < -0.4 is 4.90 Å². The minimum absolute atomic E-state index is 0.177. The number of aromatic nitrogens is 2. The van der Waals surface area contributed by atoms with Gasteiger partial charge in [-0.3, -0.25) is 0 Å². The van der Waals surface area contributed by atoms with E-state index >= 15 is 0 Å². The average molecular weight is 197 g/mol. The van der Waals surface area contributed by atoms with E-state index in [1.165, 1.54) is 0 Å². The molecule has 80 valence electrons. The van der Waals surface area contributed by atoms with Crippen LogP contribution in [0, 0.1) is 0 Å². The summed E-state index contributed by atoms with van der Waals surface area (Å²) in [6.45, 7) is 3.96. The van der Waals surface area contributed by atoms with Crippen molar-refractivity contribution in [3.8, 4) is 0 Å². The Balaban J connectivity index is 2.62. The van der Waals surface area contributed by atoms with Crippen molar-refractivity contribution in [2.75, 3.05) is 24.6 Å². The van der Waals surface area contributed by atoms with E-state index in [0.29, 0.717) is 6.54 Å². The lowest BCUT2D eigenvalue weighted by molar-refractivity contribution is 0.300. The van der Waals surface area contributed by atoms with Crippen LogP contribution in [-0.4, -0.2) is 34.4 Å². The molecular weight excluding hydrogens is 178 g/mol. The van der Waals surface area contributed by atoms with Crippen LogP contribution in [-0.2, 0) is 7.05 Å². The first kappa shape index (κ1) is 11.0. The van der Waals surface area contributed by atoms with Gasteiger partial charge in [0.25, 0.3) is 0 Å². The van der Waals surface area contributed by atoms with Gasteiger partial charge in [-0.05, 0) is 6.42 Å². The fourth-order valence-electron chi connectivity index (χ4n) is 1.44. The smallest absolute Gasteiger partial charge is 0.205 e. The highest BCUT2D eigenvalue weighted by molar-refractivity contribution is 5.30. The van der Waals surface area contributed by atoms with Gasteiger partial charge in [-0.1, -0.05) is 13.3 Å². The van der Waals surface area contributed by atoms with E-state index in [-0.39, 0.29) is 6.61 Å². The topological polar surface area (TPSA) is 41.3 Å². The van der Waals surface area contributed by atoms with E-state index in [1.54, 1.807) is 6.20 Å². The molecule has 14 heavy (non-hydrogen) atoms. The molecule has 0 aliphatic heterocycles. The maximum Gasteiger partial charge on any atom is 0.205 e. The maximum atomic E-state index is 8.95. The Kier molecular flexibility index (Phi) is 4.46. The van der Waals surface area contributed by atoms with E-state index in [9.17, 15) is 0 Å². The van der Waals surface area contributed by atoms with E-state index in [2.05, 4.69) is 16.8 Å². The zero-order valence-corrected chi connectivity index (χ0v) is 8.98. The Hall–Kier alpha value is -1.03. The first-order chi connectivity index (χ1) is 6.79. The third-order valence-corrected chi connectivity index (χ3v) is 2.23. The van der Waals surface area contributed by atoms with Crippen LogP contribution >= 0.6 is 0 Å². The summed E-state index contributed by atoms with van der Waals surface area (Å²) in [5.41, 5.74) is 0. The highest BCUT2D eigenvalue weighted by Crippen LogP contribution is 2.10. The molecule has 1 N–H and O–H groups in total. The number of unbranched alkanes of at least 4 members (excludes halogenated alkanes) is 1. The summed E-state index contributed by atoms with van der Waals surface area (Å²) >= 11 is 0. The molecule has 1 aromatic heterocycles. The van der Waals surface area contributed by atoms with Gasteiger partial charge in [-0.25, -0.2) is 4.98 Å². The van der Waals surface area contributed by atoms with Gasteiger partial charge < -0.3 is 14.6 Å². The number of hydrogen-bond acceptors (Lipinski definition) is 3. The summed E-state index contributed by atoms with van der Waals surface area (Å²) in [5, 5.41) is 8.95. The number of aliphatic hydroxyl groups excluding tert-OH is 1. The minimum Gasteiger partial charge on any atom is -0.395 e. The number of anilines is 1. The fourth-order valence-corrected chi connectivity index (χ4v) is 1.44. The second-order valence-corrected chi connectivity index (χ2v) is 3.40. The van der Waals surface area contributed by atoms with Crippen LogP contribution in [0.15, 0.2) is 12.4 Å². The fraction of sp³-hybridized carbons (Fsp3) is 0.700. The van der Waals surface area contributed by atoms with Crippen molar-refractivity contribution in [3.05, 3.63) is 12.4 Å². The van der Waals surface area contributed by atoms with Gasteiger partial charge in [-0.15, -0.1) is 0 Å². The van der Waals surface area contributed by atoms with Crippen molar-refractivity contribution in [2.24, 2.45) is 7.05 Å². The Labute approximate surface area is 85.2 Å². The highest BCUT2D eigenvalue weighted by Gasteiger charge is 2.08. The van der Waals surface area contributed by atoms with E-state index in [4.69, 9.17) is 5.11 Å². The predicted molar refractivity (Wildman–Crippen MR) is 57.4 cm³/mol. The monoisotopic (exact) mass is 197 g/mol. The molecule has 0 aliphatic carbocycles. The molecule has 0 aromatic carbocycles. The van der Waals surface area contributed by atoms with Gasteiger partial charge in [0.05, 0.1) is 6.61 Å². The molecule has 0 saturated carbocycles. The molecule has 0 amide bonds. The van der Waals surface area contributed by atoms with Crippen LogP contribution in [0.1, 0.15) is 19.8 Å². The summed E-state index contributed by atoms with van der Waals surface area (Å²) in [7, 11) is 1.97. The summed E-state index contributed by atoms with van der Waals surface area (Å²) in [6, 6.07) is 0. The predicted octanol–water partition coefficient (Wildman–Crippen LogP) is 1.02. The molecule has 0 saturated heterocycles. The number of imidazole rings is 1. The molecule has 0 aliphatic rings. The molecule has 0 spiro atoms. The zero-order chi connectivity index (χ0) is 10.4. The second-order valence-electron chi connectivity index (χ2n) is 3.40. The van der Waals surface area contributed by atoms with Crippen LogP contribution in [0.5, 0.6) is 0 Å². The number of hydrogen-bond donors (Lipinski definition) is 1. The highest BCUT2D eigenvalue weighted by atomic mass is 16.3. The maximum absolute atomic E-state index is 8.95. The Morgan fingerprint density at radius 2 is 2.29 bits per heavy atom. The first-order valence-corrected chi connectivity index (χ1v) is 5.12. The molecule has 4 nitrogen and oxygen atoms in total. The second kappa shape index (κ2) is 5.65. The minimum atomic E-state index is 0.177. The Bertz CT molecular complexity index is 260.